The van der Waals surface area contributed by atoms with E-state index in [2.05, 4.69) is 5.32 Å². The van der Waals surface area contributed by atoms with E-state index in [0.717, 1.165) is 11.8 Å². The van der Waals surface area contributed by atoms with E-state index in [4.69, 9.17) is 4.42 Å². The van der Waals surface area contributed by atoms with Crippen LogP contribution in [0.3, 0.4) is 0 Å². The molecule has 0 atom stereocenters. The number of non-ortho nitro benzene ring substituents is 1. The van der Waals surface area contributed by atoms with Gasteiger partial charge in [0.15, 0.2) is 0 Å². The molecule has 0 amide bonds. The predicted molar refractivity (Wildman–Crippen MR) is 67.2 cm³/mol. The van der Waals surface area contributed by atoms with Gasteiger partial charge < -0.3 is 9.73 Å². The Balaban J connectivity index is 1.87. The van der Waals surface area contributed by atoms with Crippen molar-refractivity contribution in [1.82, 2.24) is 5.32 Å². The molecule has 2 aromatic rings. The summed E-state index contributed by atoms with van der Waals surface area (Å²) in [5, 5.41) is 13.7. The summed E-state index contributed by atoms with van der Waals surface area (Å²) in [5.41, 5.74) is 0.314. The first-order chi connectivity index (χ1) is 9.15. The van der Waals surface area contributed by atoms with Crippen LogP contribution in [0.15, 0.2) is 41.0 Å². The SMILES string of the molecule is O=[N+]([O-])c1cc(F)cc(CNCCc2ccco2)c1. The minimum absolute atomic E-state index is 0.233. The van der Waals surface area contributed by atoms with Gasteiger partial charge in [0.2, 0.25) is 0 Å². The fraction of sp³-hybridized carbons (Fsp3) is 0.231. The van der Waals surface area contributed by atoms with Gasteiger partial charge in [-0.05, 0) is 23.8 Å². The Bertz CT molecular complexity index is 555. The highest BCUT2D eigenvalue weighted by molar-refractivity contribution is 5.35. The van der Waals surface area contributed by atoms with Gasteiger partial charge in [0, 0.05) is 25.6 Å². The van der Waals surface area contributed by atoms with Crippen molar-refractivity contribution in [3.63, 3.8) is 0 Å². The van der Waals surface area contributed by atoms with Crippen molar-refractivity contribution >= 4 is 5.69 Å². The van der Waals surface area contributed by atoms with Crippen LogP contribution in [-0.2, 0) is 13.0 Å². The van der Waals surface area contributed by atoms with Crippen molar-refractivity contribution in [1.29, 1.82) is 0 Å². The maximum absolute atomic E-state index is 13.2. The van der Waals surface area contributed by atoms with E-state index in [1.165, 1.54) is 12.1 Å². The number of benzene rings is 1. The quantitative estimate of drug-likeness (QED) is 0.494. The molecule has 0 radical (unpaired) electrons. The number of halogens is 1. The zero-order valence-corrected chi connectivity index (χ0v) is 10.1. The summed E-state index contributed by atoms with van der Waals surface area (Å²) in [7, 11) is 0. The minimum Gasteiger partial charge on any atom is -0.469 e. The molecule has 0 aliphatic carbocycles. The summed E-state index contributed by atoms with van der Waals surface area (Å²) in [6.45, 7) is 1.02. The average Bonchev–Trinajstić information content (AvgIpc) is 2.87. The summed E-state index contributed by atoms with van der Waals surface area (Å²) in [6, 6.07) is 7.24. The van der Waals surface area contributed by atoms with Gasteiger partial charge in [-0.25, -0.2) is 4.39 Å². The second-order valence-electron chi connectivity index (χ2n) is 4.08. The summed E-state index contributed by atoms with van der Waals surface area (Å²) in [5.74, 6) is 0.259. The minimum atomic E-state index is -0.602. The van der Waals surface area contributed by atoms with Crippen molar-refractivity contribution in [2.45, 2.75) is 13.0 Å². The predicted octanol–water partition coefficient (Wildman–Crippen LogP) is 2.66. The lowest BCUT2D eigenvalue weighted by Gasteiger charge is -2.04. The molecule has 5 nitrogen and oxygen atoms in total. The van der Waals surface area contributed by atoms with Crippen LogP contribution in [0.25, 0.3) is 0 Å². The Morgan fingerprint density at radius 1 is 1.37 bits per heavy atom. The molecule has 0 aliphatic rings. The molecule has 0 fully saturated rings. The monoisotopic (exact) mass is 264 g/mol. The van der Waals surface area contributed by atoms with Gasteiger partial charge in [-0.1, -0.05) is 0 Å². The average molecular weight is 264 g/mol. The Kier molecular flexibility index (Phi) is 4.25. The number of nitro benzene ring substituents is 1. The molecule has 0 saturated heterocycles. The van der Waals surface area contributed by atoms with Crippen LogP contribution < -0.4 is 5.32 Å². The molecule has 1 N–H and O–H groups in total. The number of hydrogen-bond acceptors (Lipinski definition) is 4. The standard InChI is InChI=1S/C13H13FN2O3/c14-11-6-10(7-12(8-11)16(17)18)9-15-4-3-13-2-1-5-19-13/h1-2,5-8,15H,3-4,9H2. The van der Waals surface area contributed by atoms with E-state index in [9.17, 15) is 14.5 Å². The fourth-order valence-electron chi connectivity index (χ4n) is 1.74. The zero-order chi connectivity index (χ0) is 13.7. The Morgan fingerprint density at radius 3 is 2.89 bits per heavy atom. The largest absolute Gasteiger partial charge is 0.469 e. The normalized spacial score (nSPS) is 10.6. The molecule has 19 heavy (non-hydrogen) atoms. The molecular weight excluding hydrogens is 251 g/mol. The zero-order valence-electron chi connectivity index (χ0n) is 10.1. The van der Waals surface area contributed by atoms with Crippen LogP contribution >= 0.6 is 0 Å². The third-order valence-corrected chi connectivity index (χ3v) is 2.61. The Labute approximate surface area is 109 Å². The maximum Gasteiger partial charge on any atom is 0.272 e. The first kappa shape index (κ1) is 13.2. The number of nitro groups is 1. The molecule has 0 bridgehead atoms. The van der Waals surface area contributed by atoms with Crippen molar-refractivity contribution in [2.24, 2.45) is 0 Å². The molecular formula is C13H13FN2O3. The molecule has 2 rings (SSSR count). The van der Waals surface area contributed by atoms with Crippen LogP contribution in [0.1, 0.15) is 11.3 Å². The lowest BCUT2D eigenvalue weighted by Crippen LogP contribution is -2.16. The highest BCUT2D eigenvalue weighted by atomic mass is 19.1. The van der Waals surface area contributed by atoms with E-state index in [-0.39, 0.29) is 5.69 Å². The number of rotatable bonds is 6. The highest BCUT2D eigenvalue weighted by Crippen LogP contribution is 2.16. The molecule has 0 spiro atoms. The van der Waals surface area contributed by atoms with Crippen molar-refractivity contribution in [3.05, 3.63) is 63.9 Å². The number of hydrogen-bond donors (Lipinski definition) is 1. The van der Waals surface area contributed by atoms with Gasteiger partial charge >= 0.3 is 0 Å². The first-order valence-electron chi connectivity index (χ1n) is 5.82. The Hall–Kier alpha value is -2.21. The number of furan rings is 1. The van der Waals surface area contributed by atoms with Crippen molar-refractivity contribution in [2.75, 3.05) is 6.54 Å². The lowest BCUT2D eigenvalue weighted by molar-refractivity contribution is -0.385. The van der Waals surface area contributed by atoms with Crippen LogP contribution in [-0.4, -0.2) is 11.5 Å². The van der Waals surface area contributed by atoms with Gasteiger partial charge in [-0.2, -0.15) is 0 Å². The lowest BCUT2D eigenvalue weighted by atomic mass is 10.2. The maximum atomic E-state index is 13.2. The van der Waals surface area contributed by atoms with Crippen LogP contribution in [0.5, 0.6) is 0 Å². The van der Waals surface area contributed by atoms with E-state index in [1.54, 1.807) is 6.26 Å². The third kappa shape index (κ3) is 3.89. The van der Waals surface area contributed by atoms with Gasteiger partial charge in [0.1, 0.15) is 11.6 Å². The van der Waals surface area contributed by atoms with Crippen LogP contribution in [0.4, 0.5) is 10.1 Å². The van der Waals surface area contributed by atoms with E-state index in [0.29, 0.717) is 25.1 Å². The number of nitrogens with one attached hydrogen (secondary N) is 1. The second-order valence-corrected chi connectivity index (χ2v) is 4.08. The molecule has 100 valence electrons. The fourth-order valence-corrected chi connectivity index (χ4v) is 1.74. The summed E-state index contributed by atoms with van der Waals surface area (Å²) in [6.07, 6.45) is 2.32. The molecule has 1 aromatic carbocycles. The van der Waals surface area contributed by atoms with Gasteiger partial charge in [0.25, 0.3) is 5.69 Å². The summed E-state index contributed by atoms with van der Waals surface area (Å²) < 4.78 is 18.3. The van der Waals surface area contributed by atoms with E-state index in [1.807, 2.05) is 12.1 Å². The molecule has 1 aromatic heterocycles. The van der Waals surface area contributed by atoms with Crippen molar-refractivity contribution < 1.29 is 13.7 Å². The molecule has 0 aliphatic heterocycles. The first-order valence-corrected chi connectivity index (χ1v) is 5.82. The number of nitrogens with zero attached hydrogens (tertiary/aromatic N) is 1. The Morgan fingerprint density at radius 2 is 2.21 bits per heavy atom. The third-order valence-electron chi connectivity index (χ3n) is 2.61. The highest BCUT2D eigenvalue weighted by Gasteiger charge is 2.09. The molecule has 6 heteroatoms. The van der Waals surface area contributed by atoms with Gasteiger partial charge in [0.05, 0.1) is 17.3 Å². The van der Waals surface area contributed by atoms with Gasteiger partial charge in [-0.15, -0.1) is 0 Å². The summed E-state index contributed by atoms with van der Waals surface area (Å²) >= 11 is 0. The molecule has 0 saturated carbocycles. The van der Waals surface area contributed by atoms with Gasteiger partial charge in [-0.3, -0.25) is 10.1 Å². The summed E-state index contributed by atoms with van der Waals surface area (Å²) in [4.78, 5) is 10.00. The van der Waals surface area contributed by atoms with E-state index < -0.39 is 10.7 Å². The van der Waals surface area contributed by atoms with Crippen LogP contribution in [0.2, 0.25) is 0 Å². The smallest absolute Gasteiger partial charge is 0.272 e. The molecule has 0 unspecified atom stereocenters. The van der Waals surface area contributed by atoms with Crippen LogP contribution in [0, 0.1) is 15.9 Å². The van der Waals surface area contributed by atoms with Crippen molar-refractivity contribution in [3.8, 4) is 0 Å². The topological polar surface area (TPSA) is 68.3 Å². The molecule has 1 heterocycles. The second kappa shape index (κ2) is 6.10. The van der Waals surface area contributed by atoms with E-state index >= 15 is 0 Å².